The monoisotopic (exact) mass is 403 g/mol. The first-order valence-electron chi connectivity index (χ1n) is 9.22. The number of hydrogen-bond donors (Lipinski definition) is 0. The highest BCUT2D eigenvalue weighted by Crippen LogP contribution is 2.41. The van der Waals surface area contributed by atoms with Crippen LogP contribution >= 0.6 is 34.7 Å². The predicted molar refractivity (Wildman–Crippen MR) is 114 cm³/mol. The van der Waals surface area contributed by atoms with Gasteiger partial charge in [0.1, 0.15) is 16.2 Å². The van der Waals surface area contributed by atoms with Crippen LogP contribution in [0.25, 0.3) is 20.4 Å². The molecule has 3 nitrogen and oxygen atoms in total. The van der Waals surface area contributed by atoms with E-state index in [-0.39, 0.29) is 0 Å². The summed E-state index contributed by atoms with van der Waals surface area (Å²) in [6.45, 7) is 4.14. The van der Waals surface area contributed by atoms with Crippen LogP contribution in [0, 0.1) is 0 Å². The second-order valence-electron chi connectivity index (χ2n) is 6.71. The Labute approximate surface area is 167 Å². The molecule has 0 saturated heterocycles. The molecule has 3 aromatic rings. The van der Waals surface area contributed by atoms with Gasteiger partial charge in [-0.3, -0.25) is 0 Å². The van der Waals surface area contributed by atoms with Gasteiger partial charge >= 0.3 is 0 Å². The summed E-state index contributed by atoms with van der Waals surface area (Å²) in [6.07, 6.45) is 10.8. The number of hydrogen-bond acceptors (Lipinski definition) is 5. The van der Waals surface area contributed by atoms with Gasteiger partial charge in [-0.15, -0.1) is 23.1 Å². The average Bonchev–Trinajstić information content (AvgIpc) is 3.01. The first kappa shape index (κ1) is 18.2. The quantitative estimate of drug-likeness (QED) is 0.369. The lowest BCUT2D eigenvalue weighted by Gasteiger charge is -2.19. The normalized spacial score (nSPS) is 15.0. The summed E-state index contributed by atoms with van der Waals surface area (Å²) < 4.78 is 1.17. The third-order valence-electron chi connectivity index (χ3n) is 4.85. The summed E-state index contributed by atoms with van der Waals surface area (Å²) in [7, 11) is 0. The summed E-state index contributed by atoms with van der Waals surface area (Å²) in [5.41, 5.74) is 5.40. The minimum absolute atomic E-state index is 0.819. The van der Waals surface area contributed by atoms with E-state index in [0.29, 0.717) is 0 Å². The molecule has 0 saturated carbocycles. The highest BCUT2D eigenvalue weighted by atomic mass is 35.5. The van der Waals surface area contributed by atoms with E-state index < -0.39 is 0 Å². The van der Waals surface area contributed by atoms with Gasteiger partial charge in [0.25, 0.3) is 0 Å². The highest BCUT2D eigenvalue weighted by Gasteiger charge is 2.22. The fourth-order valence-electron chi connectivity index (χ4n) is 3.70. The number of aryl methyl sites for hydroxylation is 2. The van der Waals surface area contributed by atoms with Crippen LogP contribution < -0.4 is 0 Å². The largest absolute Gasteiger partial charge is 0.242 e. The van der Waals surface area contributed by atoms with Crippen molar-refractivity contribution in [1.82, 2.24) is 15.0 Å². The van der Waals surface area contributed by atoms with Crippen LogP contribution in [0.1, 0.15) is 49.9 Å². The van der Waals surface area contributed by atoms with Crippen molar-refractivity contribution < 1.29 is 0 Å². The Bertz CT molecular complexity index is 990. The van der Waals surface area contributed by atoms with Crippen molar-refractivity contribution in [3.8, 4) is 0 Å². The topological polar surface area (TPSA) is 38.7 Å². The number of thioether (sulfide) groups is 1. The molecule has 0 N–H and O–H groups in total. The standard InChI is InChI=1S/C20H22ClN3S2/c1-3-6-15-13-7-4-5-8-14(13)16-17-18(26-19(16)24-15)20(23-11-22-17)25-10-9-12(2)21/h9,11H,3-8,10H2,1-2H3. The minimum Gasteiger partial charge on any atom is -0.242 e. The van der Waals surface area contributed by atoms with E-state index in [9.17, 15) is 0 Å². The Morgan fingerprint density at radius 1 is 1.27 bits per heavy atom. The zero-order chi connectivity index (χ0) is 18.1. The zero-order valence-electron chi connectivity index (χ0n) is 15.1. The molecule has 0 fully saturated rings. The molecule has 0 unspecified atom stereocenters. The number of thiophene rings is 1. The van der Waals surface area contributed by atoms with Gasteiger partial charge in [0.2, 0.25) is 0 Å². The molecular formula is C20H22ClN3S2. The molecule has 1 aliphatic carbocycles. The third kappa shape index (κ3) is 3.37. The van der Waals surface area contributed by atoms with Crippen LogP contribution in [0.15, 0.2) is 22.5 Å². The van der Waals surface area contributed by atoms with Gasteiger partial charge in [0.05, 0.1) is 10.2 Å². The lowest BCUT2D eigenvalue weighted by atomic mass is 9.88. The molecule has 6 heteroatoms. The SMILES string of the molecule is CCCc1nc2sc3c(SCC=C(C)Cl)ncnc3c2c2c1CCCC2. The fraction of sp³-hybridized carbons (Fsp3) is 0.450. The van der Waals surface area contributed by atoms with Crippen LogP contribution in [-0.2, 0) is 19.3 Å². The van der Waals surface area contributed by atoms with E-state index in [1.165, 1.54) is 39.7 Å². The van der Waals surface area contributed by atoms with Crippen molar-refractivity contribution in [1.29, 1.82) is 0 Å². The Morgan fingerprint density at radius 3 is 2.85 bits per heavy atom. The van der Waals surface area contributed by atoms with E-state index in [1.807, 2.05) is 13.0 Å². The Morgan fingerprint density at radius 2 is 2.08 bits per heavy atom. The maximum absolute atomic E-state index is 5.96. The number of pyridine rings is 1. The molecule has 136 valence electrons. The molecule has 0 bridgehead atoms. The van der Waals surface area contributed by atoms with E-state index >= 15 is 0 Å². The van der Waals surface area contributed by atoms with Crippen molar-refractivity contribution in [3.63, 3.8) is 0 Å². The molecule has 0 aliphatic heterocycles. The van der Waals surface area contributed by atoms with Crippen LogP contribution in [0.2, 0.25) is 0 Å². The number of allylic oxidation sites excluding steroid dienone is 1. The van der Waals surface area contributed by atoms with Crippen LogP contribution in [0.3, 0.4) is 0 Å². The van der Waals surface area contributed by atoms with Gasteiger partial charge in [0.15, 0.2) is 0 Å². The van der Waals surface area contributed by atoms with Gasteiger partial charge in [-0.25, -0.2) is 15.0 Å². The molecule has 0 aromatic carbocycles. The first-order chi connectivity index (χ1) is 12.7. The molecule has 0 radical (unpaired) electrons. The van der Waals surface area contributed by atoms with E-state index in [2.05, 4.69) is 16.9 Å². The number of halogens is 1. The van der Waals surface area contributed by atoms with Crippen molar-refractivity contribution in [2.75, 3.05) is 5.75 Å². The number of aromatic nitrogens is 3. The van der Waals surface area contributed by atoms with Crippen molar-refractivity contribution in [2.24, 2.45) is 0 Å². The second kappa shape index (κ2) is 7.83. The van der Waals surface area contributed by atoms with Crippen molar-refractivity contribution >= 4 is 55.1 Å². The molecule has 26 heavy (non-hydrogen) atoms. The first-order valence-corrected chi connectivity index (χ1v) is 11.4. The Kier molecular flexibility index (Phi) is 5.48. The van der Waals surface area contributed by atoms with E-state index in [4.69, 9.17) is 16.6 Å². The molecule has 3 heterocycles. The second-order valence-corrected chi connectivity index (χ2v) is 9.32. The molecule has 0 amide bonds. The Balaban J connectivity index is 1.89. The van der Waals surface area contributed by atoms with Crippen molar-refractivity contribution in [2.45, 2.75) is 57.4 Å². The maximum Gasteiger partial charge on any atom is 0.126 e. The summed E-state index contributed by atoms with van der Waals surface area (Å²) in [4.78, 5) is 15.4. The zero-order valence-corrected chi connectivity index (χ0v) is 17.5. The number of rotatable bonds is 5. The molecule has 0 atom stereocenters. The molecule has 3 aromatic heterocycles. The third-order valence-corrected chi connectivity index (χ3v) is 7.13. The number of nitrogens with zero attached hydrogens (tertiary/aromatic N) is 3. The van der Waals surface area contributed by atoms with E-state index in [1.54, 1.807) is 29.4 Å². The molecule has 0 spiro atoms. The van der Waals surface area contributed by atoms with Crippen molar-refractivity contribution in [3.05, 3.63) is 34.3 Å². The smallest absolute Gasteiger partial charge is 0.126 e. The maximum atomic E-state index is 5.96. The van der Waals surface area contributed by atoms with Crippen LogP contribution in [0.5, 0.6) is 0 Å². The summed E-state index contributed by atoms with van der Waals surface area (Å²) >= 11 is 9.43. The lowest BCUT2D eigenvalue weighted by molar-refractivity contribution is 0.675. The fourth-order valence-corrected chi connectivity index (χ4v) is 6.07. The summed E-state index contributed by atoms with van der Waals surface area (Å²) in [6, 6.07) is 0. The molecule has 1 aliphatic rings. The van der Waals surface area contributed by atoms with Crippen LogP contribution in [-0.4, -0.2) is 20.7 Å². The predicted octanol–water partition coefficient (Wildman–Crippen LogP) is 6.31. The Hall–Kier alpha value is -1.17. The number of fused-ring (bicyclic) bond motifs is 5. The lowest BCUT2D eigenvalue weighted by Crippen LogP contribution is -2.09. The van der Waals surface area contributed by atoms with Gasteiger partial charge in [-0.2, -0.15) is 0 Å². The average molecular weight is 404 g/mol. The van der Waals surface area contributed by atoms with Gasteiger partial charge in [0, 0.05) is 21.9 Å². The highest BCUT2D eigenvalue weighted by molar-refractivity contribution is 7.99. The van der Waals surface area contributed by atoms with Crippen LogP contribution in [0.4, 0.5) is 0 Å². The molecule has 4 rings (SSSR count). The van der Waals surface area contributed by atoms with Gasteiger partial charge < -0.3 is 0 Å². The van der Waals surface area contributed by atoms with E-state index in [0.717, 1.165) is 51.8 Å². The van der Waals surface area contributed by atoms with Gasteiger partial charge in [-0.1, -0.05) is 31.0 Å². The molecular weight excluding hydrogens is 382 g/mol. The minimum atomic E-state index is 0.819. The summed E-state index contributed by atoms with van der Waals surface area (Å²) in [5.74, 6) is 0.822. The van der Waals surface area contributed by atoms with Gasteiger partial charge in [-0.05, 0) is 50.2 Å². The summed E-state index contributed by atoms with van der Waals surface area (Å²) in [5, 5.41) is 3.14.